The Balaban J connectivity index is 2.33. The standard InChI is InChI=1S/C10H14BrClN2S/c1-15-5-3-2-4-13-9-6-8(11)7-14-10(9)12/h6-7,13H,2-5H2,1H3. The Morgan fingerprint density at radius 3 is 3.07 bits per heavy atom. The maximum Gasteiger partial charge on any atom is 0.152 e. The van der Waals surface area contributed by atoms with E-state index in [2.05, 4.69) is 32.5 Å². The molecule has 0 unspecified atom stereocenters. The summed E-state index contributed by atoms with van der Waals surface area (Å²) in [6, 6.07) is 1.95. The van der Waals surface area contributed by atoms with Gasteiger partial charge in [0.2, 0.25) is 0 Å². The van der Waals surface area contributed by atoms with E-state index < -0.39 is 0 Å². The zero-order chi connectivity index (χ0) is 11.1. The number of halogens is 2. The SMILES string of the molecule is CSCCCCNc1cc(Br)cnc1Cl. The normalized spacial score (nSPS) is 10.3. The molecule has 0 saturated heterocycles. The van der Waals surface area contributed by atoms with Crippen molar-refractivity contribution < 1.29 is 0 Å². The van der Waals surface area contributed by atoms with Crippen molar-refractivity contribution in [2.75, 3.05) is 23.9 Å². The molecule has 1 N–H and O–H groups in total. The van der Waals surface area contributed by atoms with E-state index >= 15 is 0 Å². The molecule has 1 rings (SSSR count). The minimum absolute atomic E-state index is 0.531. The lowest BCUT2D eigenvalue weighted by Crippen LogP contribution is -2.03. The number of rotatable bonds is 6. The van der Waals surface area contributed by atoms with Crippen LogP contribution in [0.3, 0.4) is 0 Å². The van der Waals surface area contributed by atoms with Gasteiger partial charge in [0.25, 0.3) is 0 Å². The first-order chi connectivity index (χ1) is 7.24. The van der Waals surface area contributed by atoms with E-state index in [1.807, 2.05) is 17.8 Å². The van der Waals surface area contributed by atoms with E-state index in [-0.39, 0.29) is 0 Å². The van der Waals surface area contributed by atoms with Gasteiger partial charge in [0.1, 0.15) is 0 Å². The minimum Gasteiger partial charge on any atom is -0.383 e. The number of nitrogens with zero attached hydrogens (tertiary/aromatic N) is 1. The summed E-state index contributed by atoms with van der Waals surface area (Å²) in [5.74, 6) is 1.21. The van der Waals surface area contributed by atoms with Crippen LogP contribution in [0.25, 0.3) is 0 Å². The van der Waals surface area contributed by atoms with Gasteiger partial charge in [-0.05, 0) is 46.8 Å². The first kappa shape index (κ1) is 13.1. The molecule has 1 aromatic rings. The van der Waals surface area contributed by atoms with Crippen molar-refractivity contribution in [3.8, 4) is 0 Å². The van der Waals surface area contributed by atoms with Gasteiger partial charge >= 0.3 is 0 Å². The van der Waals surface area contributed by atoms with Crippen molar-refractivity contribution >= 4 is 45.0 Å². The Bertz CT molecular complexity index is 309. The lowest BCUT2D eigenvalue weighted by atomic mass is 10.3. The van der Waals surface area contributed by atoms with Gasteiger partial charge in [-0.25, -0.2) is 4.98 Å². The smallest absolute Gasteiger partial charge is 0.152 e. The molecule has 0 spiro atoms. The van der Waals surface area contributed by atoms with Gasteiger partial charge < -0.3 is 5.32 Å². The van der Waals surface area contributed by atoms with Gasteiger partial charge in [-0.15, -0.1) is 0 Å². The van der Waals surface area contributed by atoms with Crippen LogP contribution in [0.2, 0.25) is 5.15 Å². The molecule has 0 atom stereocenters. The maximum atomic E-state index is 5.94. The van der Waals surface area contributed by atoms with Crippen molar-refractivity contribution in [1.29, 1.82) is 0 Å². The Morgan fingerprint density at radius 1 is 1.53 bits per heavy atom. The molecule has 0 bridgehead atoms. The van der Waals surface area contributed by atoms with Gasteiger partial charge in [0, 0.05) is 17.2 Å². The number of unbranched alkanes of at least 4 members (excludes halogenated alkanes) is 1. The van der Waals surface area contributed by atoms with Gasteiger partial charge in [-0.3, -0.25) is 0 Å². The molecule has 0 aromatic carbocycles. The molecule has 0 amide bonds. The van der Waals surface area contributed by atoms with E-state index in [9.17, 15) is 0 Å². The largest absolute Gasteiger partial charge is 0.383 e. The summed E-state index contributed by atoms with van der Waals surface area (Å²) in [7, 11) is 0. The second-order valence-electron chi connectivity index (χ2n) is 3.12. The topological polar surface area (TPSA) is 24.9 Å². The van der Waals surface area contributed by atoms with Crippen LogP contribution in [0.5, 0.6) is 0 Å². The number of nitrogens with one attached hydrogen (secondary N) is 1. The maximum absolute atomic E-state index is 5.94. The molecular formula is C10H14BrClN2S. The Morgan fingerprint density at radius 2 is 2.33 bits per heavy atom. The number of anilines is 1. The molecule has 2 nitrogen and oxygen atoms in total. The zero-order valence-electron chi connectivity index (χ0n) is 8.59. The number of pyridine rings is 1. The Labute approximate surface area is 108 Å². The third-order valence-corrected chi connectivity index (χ3v) is 3.33. The second-order valence-corrected chi connectivity index (χ2v) is 5.38. The lowest BCUT2D eigenvalue weighted by Gasteiger charge is -2.07. The summed E-state index contributed by atoms with van der Waals surface area (Å²) >= 11 is 11.2. The van der Waals surface area contributed by atoms with Crippen LogP contribution in [0.4, 0.5) is 5.69 Å². The fourth-order valence-electron chi connectivity index (χ4n) is 1.14. The molecule has 84 valence electrons. The highest BCUT2D eigenvalue weighted by Crippen LogP contribution is 2.22. The summed E-state index contributed by atoms with van der Waals surface area (Å²) in [6.07, 6.45) is 6.21. The van der Waals surface area contributed by atoms with E-state index in [1.54, 1.807) is 6.20 Å². The monoisotopic (exact) mass is 308 g/mol. The highest BCUT2D eigenvalue weighted by Gasteiger charge is 2.01. The highest BCUT2D eigenvalue weighted by molar-refractivity contribution is 9.10. The van der Waals surface area contributed by atoms with Crippen molar-refractivity contribution in [3.05, 3.63) is 21.9 Å². The van der Waals surface area contributed by atoms with Gasteiger partial charge in [0.15, 0.2) is 5.15 Å². The predicted octanol–water partition coefficient (Wildman–Crippen LogP) is 4.05. The number of aromatic nitrogens is 1. The fraction of sp³-hybridized carbons (Fsp3) is 0.500. The molecule has 0 aliphatic carbocycles. The second kappa shape index (κ2) is 7.36. The summed E-state index contributed by atoms with van der Waals surface area (Å²) in [5, 5.41) is 3.81. The molecule has 0 radical (unpaired) electrons. The van der Waals surface area contributed by atoms with Gasteiger partial charge in [0.05, 0.1) is 5.69 Å². The Kier molecular flexibility index (Phi) is 6.45. The van der Waals surface area contributed by atoms with Gasteiger partial charge in [-0.1, -0.05) is 11.6 Å². The predicted molar refractivity (Wildman–Crippen MR) is 73.1 cm³/mol. The number of hydrogen-bond acceptors (Lipinski definition) is 3. The molecule has 0 saturated carbocycles. The highest BCUT2D eigenvalue weighted by atomic mass is 79.9. The fourth-order valence-corrected chi connectivity index (χ4v) is 2.14. The quantitative estimate of drug-likeness (QED) is 0.634. The van der Waals surface area contributed by atoms with Crippen LogP contribution < -0.4 is 5.32 Å². The molecular weight excluding hydrogens is 296 g/mol. The zero-order valence-corrected chi connectivity index (χ0v) is 11.8. The molecule has 0 aliphatic heterocycles. The van der Waals surface area contributed by atoms with Crippen LogP contribution in [-0.2, 0) is 0 Å². The lowest BCUT2D eigenvalue weighted by molar-refractivity contribution is 0.843. The average molecular weight is 310 g/mol. The third-order valence-electron chi connectivity index (χ3n) is 1.90. The molecule has 15 heavy (non-hydrogen) atoms. The summed E-state index contributed by atoms with van der Waals surface area (Å²) in [5.41, 5.74) is 0.898. The molecule has 1 aromatic heterocycles. The van der Waals surface area contributed by atoms with E-state index in [0.29, 0.717) is 5.15 Å². The van der Waals surface area contributed by atoms with Crippen LogP contribution in [0.1, 0.15) is 12.8 Å². The first-order valence-corrected chi connectivity index (χ1v) is 7.34. The molecule has 0 aliphatic rings. The Hall–Kier alpha value is 0.0700. The molecule has 5 heteroatoms. The minimum atomic E-state index is 0.531. The summed E-state index contributed by atoms with van der Waals surface area (Å²) < 4.78 is 0.943. The summed E-state index contributed by atoms with van der Waals surface area (Å²) in [4.78, 5) is 4.05. The van der Waals surface area contributed by atoms with Crippen LogP contribution in [0.15, 0.2) is 16.7 Å². The van der Waals surface area contributed by atoms with E-state index in [1.165, 1.54) is 12.2 Å². The number of thioether (sulfide) groups is 1. The summed E-state index contributed by atoms with van der Waals surface area (Å²) in [6.45, 7) is 0.943. The third kappa shape index (κ3) is 5.09. The van der Waals surface area contributed by atoms with E-state index in [4.69, 9.17) is 11.6 Å². The first-order valence-electron chi connectivity index (χ1n) is 4.78. The molecule has 1 heterocycles. The van der Waals surface area contributed by atoms with Crippen LogP contribution in [0, 0.1) is 0 Å². The van der Waals surface area contributed by atoms with Crippen LogP contribution in [-0.4, -0.2) is 23.5 Å². The number of hydrogen-bond donors (Lipinski definition) is 1. The van der Waals surface area contributed by atoms with Gasteiger partial charge in [-0.2, -0.15) is 11.8 Å². The van der Waals surface area contributed by atoms with Crippen molar-refractivity contribution in [2.24, 2.45) is 0 Å². The molecule has 0 fully saturated rings. The van der Waals surface area contributed by atoms with E-state index in [0.717, 1.165) is 23.1 Å². The van der Waals surface area contributed by atoms with Crippen molar-refractivity contribution in [1.82, 2.24) is 4.98 Å². The van der Waals surface area contributed by atoms with Crippen molar-refractivity contribution in [3.63, 3.8) is 0 Å². The van der Waals surface area contributed by atoms with Crippen LogP contribution >= 0.6 is 39.3 Å². The average Bonchev–Trinajstić information content (AvgIpc) is 2.23. The van der Waals surface area contributed by atoms with Crippen molar-refractivity contribution in [2.45, 2.75) is 12.8 Å².